The van der Waals surface area contributed by atoms with E-state index in [0.29, 0.717) is 10.7 Å². The lowest BCUT2D eigenvalue weighted by atomic mass is 10.0. The molecule has 2 N–H and O–H groups in total. The third-order valence-electron chi connectivity index (χ3n) is 3.34. The zero-order valence-electron chi connectivity index (χ0n) is 11.7. The van der Waals surface area contributed by atoms with E-state index in [1.54, 1.807) is 12.1 Å². The molecule has 0 spiro atoms. The molecule has 0 aliphatic rings. The molecular formula is C18H13ClN2O. The standard InChI is InChI=1S/C18H13ClN2O/c19-15-8-2-1-7-14(15)12-5-3-6-13(11-12)16-9-4-10-17(21-16)18(20)22/h1-11H,(H2,20,22). The summed E-state index contributed by atoms with van der Waals surface area (Å²) in [4.78, 5) is 15.6. The maximum absolute atomic E-state index is 11.3. The lowest BCUT2D eigenvalue weighted by molar-refractivity contribution is 0.0995. The number of nitrogens with zero attached hydrogens (tertiary/aromatic N) is 1. The summed E-state index contributed by atoms with van der Waals surface area (Å²) in [6.07, 6.45) is 0. The Balaban J connectivity index is 2.07. The van der Waals surface area contributed by atoms with E-state index in [4.69, 9.17) is 17.3 Å². The lowest BCUT2D eigenvalue weighted by Gasteiger charge is -2.07. The zero-order valence-corrected chi connectivity index (χ0v) is 12.4. The highest BCUT2D eigenvalue weighted by molar-refractivity contribution is 6.33. The number of nitrogens with two attached hydrogens (primary N) is 1. The lowest BCUT2D eigenvalue weighted by Crippen LogP contribution is -2.12. The molecule has 1 aromatic heterocycles. The van der Waals surface area contributed by atoms with E-state index in [2.05, 4.69) is 4.98 Å². The first kappa shape index (κ1) is 14.3. The van der Waals surface area contributed by atoms with Gasteiger partial charge in [-0.15, -0.1) is 0 Å². The van der Waals surface area contributed by atoms with Gasteiger partial charge in [0.2, 0.25) is 0 Å². The second kappa shape index (κ2) is 6.00. The Morgan fingerprint density at radius 2 is 1.64 bits per heavy atom. The fourth-order valence-electron chi connectivity index (χ4n) is 2.27. The molecular weight excluding hydrogens is 296 g/mol. The highest BCUT2D eigenvalue weighted by atomic mass is 35.5. The second-order valence-electron chi connectivity index (χ2n) is 4.83. The molecule has 3 rings (SSSR count). The molecule has 4 heteroatoms. The van der Waals surface area contributed by atoms with Crippen LogP contribution in [0.25, 0.3) is 22.4 Å². The van der Waals surface area contributed by atoms with Crippen molar-refractivity contribution in [3.63, 3.8) is 0 Å². The Morgan fingerprint density at radius 1 is 0.909 bits per heavy atom. The summed E-state index contributed by atoms with van der Waals surface area (Å²) in [5.41, 5.74) is 9.09. The second-order valence-corrected chi connectivity index (χ2v) is 5.24. The van der Waals surface area contributed by atoms with E-state index in [1.807, 2.05) is 54.6 Å². The van der Waals surface area contributed by atoms with E-state index >= 15 is 0 Å². The zero-order chi connectivity index (χ0) is 15.5. The SMILES string of the molecule is NC(=O)c1cccc(-c2cccc(-c3ccccc3Cl)c2)n1. The van der Waals surface area contributed by atoms with E-state index in [-0.39, 0.29) is 5.69 Å². The van der Waals surface area contributed by atoms with Crippen LogP contribution in [0.3, 0.4) is 0 Å². The van der Waals surface area contributed by atoms with E-state index in [1.165, 1.54) is 0 Å². The quantitative estimate of drug-likeness (QED) is 0.789. The predicted molar refractivity (Wildman–Crippen MR) is 88.6 cm³/mol. The molecule has 2 aromatic carbocycles. The van der Waals surface area contributed by atoms with Crippen LogP contribution < -0.4 is 5.73 Å². The Bertz CT molecular complexity index is 846. The van der Waals surface area contributed by atoms with Crippen molar-refractivity contribution in [3.8, 4) is 22.4 Å². The number of aromatic nitrogens is 1. The van der Waals surface area contributed by atoms with Crippen LogP contribution in [0.5, 0.6) is 0 Å². The van der Waals surface area contributed by atoms with Crippen LogP contribution in [0.4, 0.5) is 0 Å². The Kier molecular flexibility index (Phi) is 3.90. The highest BCUT2D eigenvalue weighted by Crippen LogP contribution is 2.30. The first-order valence-corrected chi connectivity index (χ1v) is 7.15. The van der Waals surface area contributed by atoms with Crippen LogP contribution >= 0.6 is 11.6 Å². The summed E-state index contributed by atoms with van der Waals surface area (Å²) in [6, 6.07) is 20.7. The smallest absolute Gasteiger partial charge is 0.267 e. The number of pyridine rings is 1. The largest absolute Gasteiger partial charge is 0.364 e. The maximum Gasteiger partial charge on any atom is 0.267 e. The minimum atomic E-state index is -0.538. The van der Waals surface area contributed by atoms with Gasteiger partial charge in [0.15, 0.2) is 0 Å². The van der Waals surface area contributed by atoms with Crippen LogP contribution in [-0.4, -0.2) is 10.9 Å². The summed E-state index contributed by atoms with van der Waals surface area (Å²) in [5, 5.41) is 0.693. The summed E-state index contributed by atoms with van der Waals surface area (Å²) in [6.45, 7) is 0. The van der Waals surface area contributed by atoms with Gasteiger partial charge in [0.05, 0.1) is 5.69 Å². The average molecular weight is 309 g/mol. The van der Waals surface area contributed by atoms with Crippen molar-refractivity contribution in [1.82, 2.24) is 4.98 Å². The summed E-state index contributed by atoms with van der Waals surface area (Å²) >= 11 is 6.25. The molecule has 0 saturated heterocycles. The molecule has 108 valence electrons. The number of amides is 1. The molecule has 0 radical (unpaired) electrons. The van der Waals surface area contributed by atoms with Crippen LogP contribution in [0.1, 0.15) is 10.5 Å². The number of hydrogen-bond donors (Lipinski definition) is 1. The summed E-state index contributed by atoms with van der Waals surface area (Å²) in [7, 11) is 0. The number of carbonyl (C=O) groups is 1. The van der Waals surface area contributed by atoms with Crippen LogP contribution in [0.2, 0.25) is 5.02 Å². The van der Waals surface area contributed by atoms with Crippen molar-refractivity contribution < 1.29 is 4.79 Å². The third-order valence-corrected chi connectivity index (χ3v) is 3.67. The van der Waals surface area contributed by atoms with Gasteiger partial charge in [-0.05, 0) is 29.8 Å². The fraction of sp³-hybridized carbons (Fsp3) is 0. The van der Waals surface area contributed by atoms with Crippen molar-refractivity contribution in [2.24, 2.45) is 5.73 Å². The number of halogens is 1. The van der Waals surface area contributed by atoms with Gasteiger partial charge < -0.3 is 5.73 Å². The molecule has 3 nitrogen and oxygen atoms in total. The van der Waals surface area contributed by atoms with Crippen LogP contribution in [0, 0.1) is 0 Å². The number of hydrogen-bond acceptors (Lipinski definition) is 2. The van der Waals surface area contributed by atoms with E-state index < -0.39 is 5.91 Å². The number of rotatable bonds is 3. The molecule has 0 aliphatic heterocycles. The molecule has 0 saturated carbocycles. The summed E-state index contributed by atoms with van der Waals surface area (Å²) in [5.74, 6) is -0.538. The Hall–Kier alpha value is -2.65. The first-order chi connectivity index (χ1) is 10.6. The van der Waals surface area contributed by atoms with Gasteiger partial charge >= 0.3 is 0 Å². The fourth-order valence-corrected chi connectivity index (χ4v) is 2.52. The number of primary amides is 1. The number of carbonyl (C=O) groups excluding carboxylic acids is 1. The predicted octanol–water partition coefficient (Wildman–Crippen LogP) is 4.17. The molecule has 3 aromatic rings. The minimum Gasteiger partial charge on any atom is -0.364 e. The van der Waals surface area contributed by atoms with E-state index in [0.717, 1.165) is 16.7 Å². The average Bonchev–Trinajstić information content (AvgIpc) is 2.55. The van der Waals surface area contributed by atoms with Crippen molar-refractivity contribution in [1.29, 1.82) is 0 Å². The minimum absolute atomic E-state index is 0.251. The molecule has 0 bridgehead atoms. The van der Waals surface area contributed by atoms with Gasteiger partial charge in [-0.1, -0.05) is 54.1 Å². The molecule has 22 heavy (non-hydrogen) atoms. The maximum atomic E-state index is 11.3. The van der Waals surface area contributed by atoms with Gasteiger partial charge in [0.1, 0.15) is 5.69 Å². The first-order valence-electron chi connectivity index (χ1n) is 6.77. The van der Waals surface area contributed by atoms with Crippen LogP contribution in [-0.2, 0) is 0 Å². The molecule has 0 unspecified atom stereocenters. The molecule has 0 aliphatic carbocycles. The molecule has 1 heterocycles. The Morgan fingerprint density at radius 3 is 2.41 bits per heavy atom. The van der Waals surface area contributed by atoms with Crippen molar-refractivity contribution >= 4 is 17.5 Å². The van der Waals surface area contributed by atoms with Gasteiger partial charge in [0, 0.05) is 16.1 Å². The van der Waals surface area contributed by atoms with Crippen molar-refractivity contribution in [2.45, 2.75) is 0 Å². The van der Waals surface area contributed by atoms with E-state index in [9.17, 15) is 4.79 Å². The monoisotopic (exact) mass is 308 g/mol. The molecule has 0 atom stereocenters. The number of benzene rings is 2. The normalized spacial score (nSPS) is 10.4. The van der Waals surface area contributed by atoms with Gasteiger partial charge in [0.25, 0.3) is 5.91 Å². The topological polar surface area (TPSA) is 56.0 Å². The van der Waals surface area contributed by atoms with Crippen LogP contribution in [0.15, 0.2) is 66.7 Å². The van der Waals surface area contributed by atoms with Crippen molar-refractivity contribution in [3.05, 3.63) is 77.4 Å². The highest BCUT2D eigenvalue weighted by Gasteiger charge is 2.07. The van der Waals surface area contributed by atoms with Gasteiger partial charge in [-0.25, -0.2) is 4.98 Å². The summed E-state index contributed by atoms with van der Waals surface area (Å²) < 4.78 is 0. The molecule has 1 amide bonds. The van der Waals surface area contributed by atoms with Crippen molar-refractivity contribution in [2.75, 3.05) is 0 Å². The molecule has 0 fully saturated rings. The third kappa shape index (κ3) is 2.85. The Labute approximate surface area is 133 Å². The van der Waals surface area contributed by atoms with Gasteiger partial charge in [-0.2, -0.15) is 0 Å². The van der Waals surface area contributed by atoms with Gasteiger partial charge in [-0.3, -0.25) is 4.79 Å².